The fourth-order valence-corrected chi connectivity index (χ4v) is 4.16. The Morgan fingerprint density at radius 1 is 1.27 bits per heavy atom. The summed E-state index contributed by atoms with van der Waals surface area (Å²) in [6.45, 7) is 0.437. The number of rotatable bonds is 5. The first-order valence-corrected chi connectivity index (χ1v) is 10.5. The molecule has 0 spiro atoms. The maximum Gasteiger partial charge on any atom is 0.244 e. The number of methoxy groups -OCH3 is 1. The van der Waals surface area contributed by atoms with E-state index >= 15 is 0 Å². The Kier molecular flexibility index (Phi) is 6.45. The Balaban J connectivity index is 1.85. The van der Waals surface area contributed by atoms with Gasteiger partial charge in [0, 0.05) is 0 Å². The fourth-order valence-electron chi connectivity index (χ4n) is 2.33. The highest BCUT2D eigenvalue weighted by atomic mass is 79.9. The van der Waals surface area contributed by atoms with Gasteiger partial charge >= 0.3 is 0 Å². The van der Waals surface area contributed by atoms with Crippen molar-refractivity contribution >= 4 is 55.0 Å². The van der Waals surface area contributed by atoms with E-state index in [2.05, 4.69) is 20.9 Å². The molecule has 0 unspecified atom stereocenters. The van der Waals surface area contributed by atoms with Crippen molar-refractivity contribution in [2.75, 3.05) is 13.4 Å². The topological polar surface area (TPSA) is 47.9 Å². The van der Waals surface area contributed by atoms with Gasteiger partial charge in [0.25, 0.3) is 0 Å². The molecule has 0 radical (unpaired) electrons. The number of carbonyl (C=O) groups excluding carboxylic acids is 1. The molecular formula is C19H16BrNO3S2. The summed E-state index contributed by atoms with van der Waals surface area (Å²) in [7, 11) is 1.59. The van der Waals surface area contributed by atoms with E-state index in [1.54, 1.807) is 13.2 Å². The van der Waals surface area contributed by atoms with E-state index < -0.39 is 0 Å². The molecule has 3 rings (SSSR count). The number of aliphatic imine (C=N–C) groups is 1. The van der Waals surface area contributed by atoms with E-state index in [0.29, 0.717) is 23.8 Å². The maximum absolute atomic E-state index is 12.0. The van der Waals surface area contributed by atoms with Gasteiger partial charge < -0.3 is 9.47 Å². The van der Waals surface area contributed by atoms with Crippen LogP contribution >= 0.6 is 39.5 Å². The van der Waals surface area contributed by atoms with Crippen LogP contribution in [0.4, 0.5) is 0 Å². The van der Waals surface area contributed by atoms with Crippen molar-refractivity contribution in [3.63, 3.8) is 0 Å². The van der Waals surface area contributed by atoms with Crippen molar-refractivity contribution in [1.29, 1.82) is 0 Å². The SMILES string of the molecule is COc1cc(/C=C2\N=C(SC)SC2=O)cc(Br)c1OCc1ccccc1. The van der Waals surface area contributed by atoms with Crippen molar-refractivity contribution in [1.82, 2.24) is 0 Å². The third-order valence-corrected chi connectivity index (χ3v) is 6.00. The Bertz CT molecular complexity index is 882. The van der Waals surface area contributed by atoms with Gasteiger partial charge in [-0.05, 0) is 63.3 Å². The van der Waals surface area contributed by atoms with Crippen LogP contribution in [0.3, 0.4) is 0 Å². The van der Waals surface area contributed by atoms with Gasteiger partial charge in [0.2, 0.25) is 5.12 Å². The van der Waals surface area contributed by atoms with Gasteiger partial charge in [0.05, 0.1) is 11.6 Å². The van der Waals surface area contributed by atoms with Gasteiger partial charge in [-0.3, -0.25) is 4.79 Å². The van der Waals surface area contributed by atoms with E-state index in [-0.39, 0.29) is 5.12 Å². The smallest absolute Gasteiger partial charge is 0.244 e. The van der Waals surface area contributed by atoms with Gasteiger partial charge in [0.1, 0.15) is 16.7 Å². The standard InChI is InChI=1S/C19H16BrNO3S2/c1-23-16-10-13(9-15-18(22)26-19(21-15)25-2)8-14(20)17(16)24-11-12-6-4-3-5-7-12/h3-10H,11H2,1-2H3/b15-9-. The fraction of sp³-hybridized carbons (Fsp3) is 0.158. The predicted octanol–water partition coefficient (Wildman–Crippen LogP) is 5.37. The van der Waals surface area contributed by atoms with Crippen LogP contribution in [0.5, 0.6) is 11.5 Å². The lowest BCUT2D eigenvalue weighted by Crippen LogP contribution is -1.99. The molecule has 2 aromatic carbocycles. The summed E-state index contributed by atoms with van der Waals surface area (Å²) in [5, 5.41) is -0.0474. The lowest BCUT2D eigenvalue weighted by molar-refractivity contribution is -0.107. The van der Waals surface area contributed by atoms with Crippen LogP contribution in [-0.2, 0) is 11.4 Å². The zero-order valence-electron chi connectivity index (χ0n) is 14.2. The average Bonchev–Trinajstić information content (AvgIpc) is 3.01. The molecule has 0 saturated carbocycles. The molecule has 0 aromatic heterocycles. The molecule has 0 bridgehead atoms. The van der Waals surface area contributed by atoms with Gasteiger partial charge in [0.15, 0.2) is 11.5 Å². The molecule has 1 aliphatic heterocycles. The van der Waals surface area contributed by atoms with Crippen molar-refractivity contribution in [3.05, 3.63) is 63.8 Å². The van der Waals surface area contributed by atoms with Crippen LogP contribution in [0.15, 0.2) is 57.6 Å². The number of benzene rings is 2. The minimum Gasteiger partial charge on any atom is -0.493 e. The molecule has 0 amide bonds. The molecule has 0 fully saturated rings. The molecule has 1 aliphatic rings. The summed E-state index contributed by atoms with van der Waals surface area (Å²) in [5.41, 5.74) is 2.32. The average molecular weight is 450 g/mol. The van der Waals surface area contributed by atoms with Crippen LogP contribution in [0.25, 0.3) is 6.08 Å². The lowest BCUT2D eigenvalue weighted by atomic mass is 10.1. The van der Waals surface area contributed by atoms with Gasteiger partial charge in [-0.15, -0.1) is 11.8 Å². The number of carbonyl (C=O) groups is 1. The molecule has 0 aliphatic carbocycles. The zero-order valence-corrected chi connectivity index (χ0v) is 17.4. The van der Waals surface area contributed by atoms with Crippen LogP contribution in [-0.4, -0.2) is 22.9 Å². The van der Waals surface area contributed by atoms with Gasteiger partial charge in [-0.1, -0.05) is 30.3 Å². The first-order valence-electron chi connectivity index (χ1n) is 7.71. The van der Waals surface area contributed by atoms with Crippen LogP contribution in [0, 0.1) is 0 Å². The second kappa shape index (κ2) is 8.79. The summed E-state index contributed by atoms with van der Waals surface area (Å²) < 4.78 is 12.9. The molecule has 1 heterocycles. The van der Waals surface area contributed by atoms with E-state index in [1.165, 1.54) is 11.8 Å². The van der Waals surface area contributed by atoms with Crippen LogP contribution in [0.2, 0.25) is 0 Å². The number of hydrogen-bond acceptors (Lipinski definition) is 6. The molecular weight excluding hydrogens is 434 g/mol. The van der Waals surface area contributed by atoms with E-state index in [9.17, 15) is 4.79 Å². The summed E-state index contributed by atoms with van der Waals surface area (Å²) >= 11 is 6.16. The van der Waals surface area contributed by atoms with Gasteiger partial charge in [-0.25, -0.2) is 4.99 Å². The zero-order chi connectivity index (χ0) is 18.5. The minimum absolute atomic E-state index is 0.0474. The van der Waals surface area contributed by atoms with Crippen molar-refractivity contribution in [3.8, 4) is 11.5 Å². The molecule has 2 aromatic rings. The highest BCUT2D eigenvalue weighted by Crippen LogP contribution is 2.38. The molecule has 4 nitrogen and oxygen atoms in total. The molecule has 7 heteroatoms. The number of nitrogens with zero attached hydrogens (tertiary/aromatic N) is 1. The molecule has 134 valence electrons. The molecule has 0 saturated heterocycles. The first-order chi connectivity index (χ1) is 12.6. The van der Waals surface area contributed by atoms with Crippen molar-refractivity contribution in [2.45, 2.75) is 6.61 Å². The quantitative estimate of drug-likeness (QED) is 0.574. The summed E-state index contributed by atoms with van der Waals surface area (Å²) in [6.07, 6.45) is 3.66. The number of ether oxygens (including phenoxy) is 2. The lowest BCUT2D eigenvalue weighted by Gasteiger charge is -2.13. The Morgan fingerprint density at radius 3 is 2.69 bits per heavy atom. The first kappa shape index (κ1) is 19.1. The molecule has 0 atom stereocenters. The Labute approximate surface area is 169 Å². The third-order valence-electron chi connectivity index (χ3n) is 3.56. The molecule has 0 N–H and O–H groups in total. The second-order valence-electron chi connectivity index (χ2n) is 5.31. The largest absolute Gasteiger partial charge is 0.493 e. The Hall–Kier alpha value is -1.70. The second-order valence-corrected chi connectivity index (χ2v) is 8.18. The monoisotopic (exact) mass is 449 g/mol. The molecule has 26 heavy (non-hydrogen) atoms. The highest BCUT2D eigenvalue weighted by Gasteiger charge is 2.22. The van der Waals surface area contributed by atoms with Crippen molar-refractivity contribution < 1.29 is 14.3 Å². The predicted molar refractivity (Wildman–Crippen MR) is 113 cm³/mol. The van der Waals surface area contributed by atoms with Crippen molar-refractivity contribution in [2.24, 2.45) is 4.99 Å². The third kappa shape index (κ3) is 4.52. The van der Waals surface area contributed by atoms with Gasteiger partial charge in [-0.2, -0.15) is 0 Å². The highest BCUT2D eigenvalue weighted by molar-refractivity contribution is 9.10. The summed E-state index contributed by atoms with van der Waals surface area (Å²) in [5.74, 6) is 1.22. The van der Waals surface area contributed by atoms with Crippen LogP contribution < -0.4 is 9.47 Å². The van der Waals surface area contributed by atoms with Crippen LogP contribution in [0.1, 0.15) is 11.1 Å². The number of halogens is 1. The summed E-state index contributed by atoms with van der Waals surface area (Å²) in [4.78, 5) is 16.3. The normalized spacial score (nSPS) is 15.3. The maximum atomic E-state index is 12.0. The minimum atomic E-state index is -0.0474. The number of thioether (sulfide) groups is 2. The van der Waals surface area contributed by atoms with E-state index in [4.69, 9.17) is 9.47 Å². The van der Waals surface area contributed by atoms with E-state index in [1.807, 2.05) is 48.7 Å². The summed E-state index contributed by atoms with van der Waals surface area (Å²) in [6, 6.07) is 13.6. The van der Waals surface area contributed by atoms with E-state index in [0.717, 1.165) is 31.7 Å². The Morgan fingerprint density at radius 2 is 2.04 bits per heavy atom. The number of hydrogen-bond donors (Lipinski definition) is 0.